The van der Waals surface area contributed by atoms with Gasteiger partial charge in [-0.05, 0) is 42.2 Å². The van der Waals surface area contributed by atoms with Crippen LogP contribution in [0.25, 0.3) is 0 Å². The summed E-state index contributed by atoms with van der Waals surface area (Å²) in [5.41, 5.74) is 1.25. The zero-order valence-electron chi connectivity index (χ0n) is 15.0. The van der Waals surface area contributed by atoms with E-state index in [0.29, 0.717) is 5.92 Å². The van der Waals surface area contributed by atoms with Crippen molar-refractivity contribution in [3.8, 4) is 0 Å². The molecule has 132 valence electrons. The summed E-state index contributed by atoms with van der Waals surface area (Å²) in [6, 6.07) is 30.7. The molecule has 3 heteroatoms. The summed E-state index contributed by atoms with van der Waals surface area (Å²) < 4.78 is 16.9. The average molecular weight is 361 g/mol. The van der Waals surface area contributed by atoms with Gasteiger partial charge < -0.3 is 0 Å². The third-order valence-corrected chi connectivity index (χ3v) is 8.40. The molecule has 2 atom stereocenters. The van der Waals surface area contributed by atoms with Gasteiger partial charge >= 0.3 is 0 Å². The van der Waals surface area contributed by atoms with Crippen molar-refractivity contribution < 1.29 is 4.57 Å². The van der Waals surface area contributed by atoms with Crippen LogP contribution in [-0.2, 0) is 4.57 Å². The second-order valence-corrected chi connectivity index (χ2v) is 9.84. The quantitative estimate of drug-likeness (QED) is 0.610. The average Bonchev–Trinajstić information content (AvgIpc) is 3.11. The van der Waals surface area contributed by atoms with E-state index in [1.54, 1.807) is 0 Å². The van der Waals surface area contributed by atoms with Crippen molar-refractivity contribution >= 4 is 17.9 Å². The highest BCUT2D eigenvalue weighted by Crippen LogP contribution is 2.56. The lowest BCUT2D eigenvalue weighted by Gasteiger charge is -2.34. The molecule has 3 aromatic carbocycles. The number of hydrogen-bond acceptors (Lipinski definition) is 1. The van der Waals surface area contributed by atoms with Crippen LogP contribution in [0.2, 0.25) is 0 Å². The van der Waals surface area contributed by atoms with E-state index in [1.807, 2.05) is 66.7 Å². The molecule has 0 saturated carbocycles. The van der Waals surface area contributed by atoms with Crippen LogP contribution in [0.3, 0.4) is 0 Å². The molecule has 0 radical (unpaired) electrons. The zero-order valence-corrected chi connectivity index (χ0v) is 15.9. The van der Waals surface area contributed by atoms with Crippen molar-refractivity contribution in [2.24, 2.45) is 5.92 Å². The molecule has 1 saturated heterocycles. The van der Waals surface area contributed by atoms with Crippen LogP contribution >= 0.6 is 7.29 Å². The second-order valence-electron chi connectivity index (χ2n) is 7.14. The zero-order chi connectivity index (χ0) is 18.0. The van der Waals surface area contributed by atoms with Crippen molar-refractivity contribution in [2.75, 3.05) is 6.54 Å². The van der Waals surface area contributed by atoms with Gasteiger partial charge in [0.05, 0.1) is 0 Å². The molecule has 4 rings (SSSR count). The van der Waals surface area contributed by atoms with E-state index in [9.17, 15) is 4.57 Å². The smallest absolute Gasteiger partial charge is 0.207 e. The second kappa shape index (κ2) is 7.23. The largest absolute Gasteiger partial charge is 0.296 e. The third-order valence-electron chi connectivity index (χ3n) is 5.24. The molecule has 2 nitrogen and oxygen atoms in total. The van der Waals surface area contributed by atoms with Gasteiger partial charge in [0.25, 0.3) is 0 Å². The minimum Gasteiger partial charge on any atom is -0.296 e. The summed E-state index contributed by atoms with van der Waals surface area (Å²) >= 11 is 0. The molecule has 0 amide bonds. The van der Waals surface area contributed by atoms with Crippen LogP contribution in [0.5, 0.6) is 0 Å². The fourth-order valence-electron chi connectivity index (χ4n) is 4.02. The first-order chi connectivity index (χ1) is 12.7. The topological polar surface area (TPSA) is 20.3 Å². The predicted octanol–water partition coefficient (Wildman–Crippen LogP) is 5.00. The first-order valence-corrected chi connectivity index (χ1v) is 10.9. The Morgan fingerprint density at radius 3 is 1.73 bits per heavy atom. The van der Waals surface area contributed by atoms with E-state index in [-0.39, 0.29) is 6.04 Å². The lowest BCUT2D eigenvalue weighted by molar-refractivity contribution is 0.404. The number of rotatable bonds is 4. The maximum absolute atomic E-state index is 14.7. The highest BCUT2D eigenvalue weighted by atomic mass is 31.2. The normalized spacial score (nSPS) is 21.0. The molecule has 0 aromatic heterocycles. The fraction of sp³-hybridized carbons (Fsp3) is 0.217. The molecular formula is C23H24NOP. The lowest BCUT2D eigenvalue weighted by atomic mass is 10.0. The maximum Gasteiger partial charge on any atom is 0.207 e. The van der Waals surface area contributed by atoms with Crippen molar-refractivity contribution in [2.45, 2.75) is 19.4 Å². The summed E-state index contributed by atoms with van der Waals surface area (Å²) in [4.78, 5) is 0. The van der Waals surface area contributed by atoms with Gasteiger partial charge in [-0.2, -0.15) is 0 Å². The highest BCUT2D eigenvalue weighted by Gasteiger charge is 2.44. The van der Waals surface area contributed by atoms with Gasteiger partial charge in [-0.15, -0.1) is 0 Å². The Hall–Kier alpha value is -2.15. The van der Waals surface area contributed by atoms with E-state index in [2.05, 4.69) is 35.9 Å². The van der Waals surface area contributed by atoms with Crippen molar-refractivity contribution in [1.82, 2.24) is 4.67 Å². The predicted molar refractivity (Wildman–Crippen MR) is 109 cm³/mol. The Morgan fingerprint density at radius 1 is 0.769 bits per heavy atom. The van der Waals surface area contributed by atoms with Crippen LogP contribution in [0.15, 0.2) is 91.0 Å². The molecule has 1 heterocycles. The van der Waals surface area contributed by atoms with Crippen LogP contribution in [-0.4, -0.2) is 11.2 Å². The molecule has 26 heavy (non-hydrogen) atoms. The van der Waals surface area contributed by atoms with Crippen LogP contribution < -0.4 is 10.6 Å². The van der Waals surface area contributed by atoms with Gasteiger partial charge in [-0.3, -0.25) is 4.57 Å². The minimum absolute atomic E-state index is 0.178. The number of benzene rings is 3. The molecule has 1 aliphatic heterocycles. The van der Waals surface area contributed by atoms with Gasteiger partial charge in [0, 0.05) is 23.2 Å². The molecule has 1 aliphatic rings. The van der Waals surface area contributed by atoms with E-state index in [1.165, 1.54) is 5.56 Å². The first-order valence-electron chi connectivity index (χ1n) is 9.23. The molecular weight excluding hydrogens is 337 g/mol. The summed E-state index contributed by atoms with van der Waals surface area (Å²) in [5.74, 6) is 0.515. The molecule has 0 aliphatic carbocycles. The molecule has 3 aromatic rings. The first kappa shape index (κ1) is 17.3. The van der Waals surface area contributed by atoms with Crippen molar-refractivity contribution in [3.05, 3.63) is 96.6 Å². The Balaban J connectivity index is 1.87. The van der Waals surface area contributed by atoms with Gasteiger partial charge in [0.15, 0.2) is 0 Å². The minimum atomic E-state index is -2.90. The molecule has 0 N–H and O–H groups in total. The number of hydrogen-bond donors (Lipinski definition) is 0. The van der Waals surface area contributed by atoms with Crippen molar-refractivity contribution in [1.29, 1.82) is 0 Å². The van der Waals surface area contributed by atoms with Gasteiger partial charge in [0.1, 0.15) is 0 Å². The third kappa shape index (κ3) is 3.05. The molecule has 0 spiro atoms. The van der Waals surface area contributed by atoms with Gasteiger partial charge in [-0.25, -0.2) is 4.67 Å². The number of nitrogens with zero attached hydrogens (tertiary/aromatic N) is 1. The van der Waals surface area contributed by atoms with Crippen LogP contribution in [0.4, 0.5) is 0 Å². The van der Waals surface area contributed by atoms with E-state index in [0.717, 1.165) is 23.6 Å². The Bertz CT molecular complexity index is 852. The summed E-state index contributed by atoms with van der Waals surface area (Å²) in [6.07, 6.45) is 1.04. The Labute approximate surface area is 155 Å². The molecule has 0 unspecified atom stereocenters. The maximum atomic E-state index is 14.7. The van der Waals surface area contributed by atoms with Gasteiger partial charge in [-0.1, -0.05) is 73.7 Å². The summed E-state index contributed by atoms with van der Waals surface area (Å²) in [6.45, 7) is 3.11. The van der Waals surface area contributed by atoms with Crippen LogP contribution in [0, 0.1) is 5.92 Å². The van der Waals surface area contributed by atoms with E-state index >= 15 is 0 Å². The molecule has 1 fully saturated rings. The lowest BCUT2D eigenvalue weighted by Crippen LogP contribution is -2.32. The highest BCUT2D eigenvalue weighted by molar-refractivity contribution is 7.76. The monoisotopic (exact) mass is 361 g/mol. The van der Waals surface area contributed by atoms with Crippen LogP contribution in [0.1, 0.15) is 24.9 Å². The van der Waals surface area contributed by atoms with E-state index in [4.69, 9.17) is 0 Å². The summed E-state index contributed by atoms with van der Waals surface area (Å²) in [7, 11) is -2.90. The van der Waals surface area contributed by atoms with Crippen molar-refractivity contribution in [3.63, 3.8) is 0 Å². The molecule has 0 bridgehead atoms. The Morgan fingerprint density at radius 2 is 1.23 bits per heavy atom. The Kier molecular flexibility index (Phi) is 4.80. The van der Waals surface area contributed by atoms with Gasteiger partial charge in [0.2, 0.25) is 7.29 Å². The fourth-order valence-corrected chi connectivity index (χ4v) is 7.20. The van der Waals surface area contributed by atoms with E-state index < -0.39 is 7.29 Å². The summed E-state index contributed by atoms with van der Waals surface area (Å²) in [5, 5.41) is 1.84. The standard InChI is InChI=1S/C23H24NOP/c1-19-17-23(20-11-5-2-6-12-20)24(18-19)26(25,21-13-7-3-8-14-21)22-15-9-4-10-16-22/h2-16,19,23H,17-18H2,1H3/t19-,23-/m1/s1. The SMILES string of the molecule is C[C@@H]1C[C@H](c2ccccc2)N(P(=O)(c2ccccc2)c2ccccc2)C1.